The Morgan fingerprint density at radius 3 is 3.00 bits per heavy atom. The molecule has 0 aromatic carbocycles. The fraction of sp³-hybridized carbons (Fsp3) is 0.667. The summed E-state index contributed by atoms with van der Waals surface area (Å²) in [6.45, 7) is 4.34. The van der Waals surface area contributed by atoms with Gasteiger partial charge in [0.1, 0.15) is 12.1 Å². The Morgan fingerprint density at radius 2 is 2.12 bits per heavy atom. The van der Waals surface area contributed by atoms with Crippen LogP contribution in [0.1, 0.15) is 30.9 Å². The predicted molar refractivity (Wildman–Crippen MR) is 63.7 cm³/mol. The van der Waals surface area contributed by atoms with Gasteiger partial charge in [-0.3, -0.25) is 0 Å². The zero-order valence-electron chi connectivity index (χ0n) is 9.52. The maximum Gasteiger partial charge on any atom is 0.132 e. The summed E-state index contributed by atoms with van der Waals surface area (Å²) in [4.78, 5) is 11.1. The van der Waals surface area contributed by atoms with Crippen LogP contribution in [-0.4, -0.2) is 36.1 Å². The second kappa shape index (κ2) is 4.37. The van der Waals surface area contributed by atoms with E-state index in [1.165, 1.54) is 25.0 Å². The summed E-state index contributed by atoms with van der Waals surface area (Å²) in [5.41, 5.74) is 1.24. The molecule has 0 radical (unpaired) electrons. The number of anilines is 1. The third-order valence-electron chi connectivity index (χ3n) is 3.33. The third-order valence-corrected chi connectivity index (χ3v) is 3.33. The van der Waals surface area contributed by atoms with Crippen LogP contribution in [-0.2, 0) is 0 Å². The van der Waals surface area contributed by atoms with Gasteiger partial charge in [0.25, 0.3) is 0 Å². The van der Waals surface area contributed by atoms with Gasteiger partial charge in [-0.15, -0.1) is 0 Å². The number of rotatable bonds is 2. The molecule has 4 heteroatoms. The molecule has 0 spiro atoms. The fourth-order valence-corrected chi connectivity index (χ4v) is 2.21. The molecule has 0 unspecified atom stereocenters. The molecule has 86 valence electrons. The lowest BCUT2D eigenvalue weighted by atomic mass is 10.2. The molecule has 0 atom stereocenters. The molecule has 4 nitrogen and oxygen atoms in total. The Bertz CT molecular complexity index is 354. The van der Waals surface area contributed by atoms with Crippen molar-refractivity contribution >= 4 is 5.82 Å². The number of aromatic nitrogens is 2. The largest absolute Gasteiger partial charge is 0.355 e. The molecule has 2 fully saturated rings. The van der Waals surface area contributed by atoms with E-state index in [2.05, 4.69) is 26.3 Å². The van der Waals surface area contributed by atoms with Crippen molar-refractivity contribution in [2.75, 3.05) is 31.1 Å². The number of hydrogen-bond donors (Lipinski definition) is 1. The second-order valence-corrected chi connectivity index (χ2v) is 4.67. The molecule has 1 saturated heterocycles. The smallest absolute Gasteiger partial charge is 0.132 e. The van der Waals surface area contributed by atoms with E-state index in [0.29, 0.717) is 5.92 Å². The van der Waals surface area contributed by atoms with Gasteiger partial charge in [0, 0.05) is 37.3 Å². The van der Waals surface area contributed by atoms with Crippen LogP contribution >= 0.6 is 0 Å². The van der Waals surface area contributed by atoms with E-state index in [-0.39, 0.29) is 0 Å². The van der Waals surface area contributed by atoms with Crippen LogP contribution in [0.2, 0.25) is 0 Å². The van der Waals surface area contributed by atoms with Crippen molar-refractivity contribution in [3.05, 3.63) is 18.1 Å². The zero-order valence-corrected chi connectivity index (χ0v) is 9.52. The minimum absolute atomic E-state index is 0.715. The molecule has 1 aliphatic carbocycles. The summed E-state index contributed by atoms with van der Waals surface area (Å²) in [5, 5.41) is 3.41. The molecular formula is C12H18N4. The zero-order chi connectivity index (χ0) is 10.8. The topological polar surface area (TPSA) is 41.1 Å². The lowest BCUT2D eigenvalue weighted by Crippen LogP contribution is -2.28. The van der Waals surface area contributed by atoms with Crippen molar-refractivity contribution in [2.45, 2.75) is 25.2 Å². The van der Waals surface area contributed by atoms with E-state index in [1.54, 1.807) is 6.33 Å². The van der Waals surface area contributed by atoms with Crippen molar-refractivity contribution in [2.24, 2.45) is 0 Å². The highest BCUT2D eigenvalue weighted by Gasteiger charge is 2.25. The first kappa shape index (κ1) is 10.0. The average Bonchev–Trinajstić information content (AvgIpc) is 3.17. The molecule has 1 aromatic rings. The first-order chi connectivity index (χ1) is 7.93. The van der Waals surface area contributed by atoms with E-state index in [1.807, 2.05) is 0 Å². The van der Waals surface area contributed by atoms with Crippen molar-refractivity contribution in [1.29, 1.82) is 0 Å². The normalized spacial score (nSPS) is 21.9. The standard InChI is InChI=1S/C12H18N4/c1-4-13-5-7-16(6-1)12-8-11(10-2-3-10)14-9-15-12/h8-10,13H,1-7H2. The van der Waals surface area contributed by atoms with Crippen LogP contribution in [0.25, 0.3) is 0 Å². The van der Waals surface area contributed by atoms with E-state index < -0.39 is 0 Å². The van der Waals surface area contributed by atoms with Crippen molar-refractivity contribution < 1.29 is 0 Å². The van der Waals surface area contributed by atoms with Crippen LogP contribution in [0, 0.1) is 0 Å². The Kier molecular flexibility index (Phi) is 2.74. The molecule has 1 N–H and O–H groups in total. The average molecular weight is 218 g/mol. The third kappa shape index (κ3) is 2.16. The number of hydrogen-bond acceptors (Lipinski definition) is 4. The molecule has 0 bridgehead atoms. The summed E-state index contributed by atoms with van der Waals surface area (Å²) in [6, 6.07) is 2.18. The first-order valence-corrected chi connectivity index (χ1v) is 6.21. The monoisotopic (exact) mass is 218 g/mol. The quantitative estimate of drug-likeness (QED) is 0.808. The van der Waals surface area contributed by atoms with Gasteiger partial charge in [-0.25, -0.2) is 9.97 Å². The Hall–Kier alpha value is -1.16. The van der Waals surface area contributed by atoms with Crippen LogP contribution in [0.5, 0.6) is 0 Å². The van der Waals surface area contributed by atoms with Crippen molar-refractivity contribution in [3.8, 4) is 0 Å². The molecular weight excluding hydrogens is 200 g/mol. The van der Waals surface area contributed by atoms with Gasteiger partial charge in [-0.1, -0.05) is 0 Å². The molecule has 0 amide bonds. The van der Waals surface area contributed by atoms with Crippen LogP contribution in [0.4, 0.5) is 5.82 Å². The molecule has 1 saturated carbocycles. The van der Waals surface area contributed by atoms with Gasteiger partial charge in [0.2, 0.25) is 0 Å². The number of nitrogens with zero attached hydrogens (tertiary/aromatic N) is 3. The Morgan fingerprint density at radius 1 is 1.19 bits per heavy atom. The molecule has 1 aliphatic heterocycles. The highest BCUT2D eigenvalue weighted by atomic mass is 15.2. The van der Waals surface area contributed by atoms with E-state index >= 15 is 0 Å². The SMILES string of the molecule is c1nc(C2CC2)cc(N2CCCNCC2)n1. The lowest BCUT2D eigenvalue weighted by Gasteiger charge is -2.21. The number of nitrogens with one attached hydrogen (secondary N) is 1. The van der Waals surface area contributed by atoms with Gasteiger partial charge >= 0.3 is 0 Å². The van der Waals surface area contributed by atoms with E-state index in [9.17, 15) is 0 Å². The lowest BCUT2D eigenvalue weighted by molar-refractivity contribution is 0.724. The molecule has 16 heavy (non-hydrogen) atoms. The van der Waals surface area contributed by atoms with Crippen LogP contribution in [0.15, 0.2) is 12.4 Å². The molecule has 2 heterocycles. The summed E-state index contributed by atoms with van der Waals surface area (Å²) < 4.78 is 0. The van der Waals surface area contributed by atoms with Gasteiger partial charge in [-0.2, -0.15) is 0 Å². The van der Waals surface area contributed by atoms with Gasteiger partial charge in [0.05, 0.1) is 0 Å². The summed E-state index contributed by atoms with van der Waals surface area (Å²) in [5.74, 6) is 1.83. The second-order valence-electron chi connectivity index (χ2n) is 4.67. The molecule has 1 aromatic heterocycles. The maximum absolute atomic E-state index is 4.40. The summed E-state index contributed by atoms with van der Waals surface area (Å²) >= 11 is 0. The molecule has 3 rings (SSSR count). The summed E-state index contributed by atoms with van der Waals surface area (Å²) in [6.07, 6.45) is 5.53. The summed E-state index contributed by atoms with van der Waals surface area (Å²) in [7, 11) is 0. The Balaban J connectivity index is 1.78. The fourth-order valence-electron chi connectivity index (χ4n) is 2.21. The van der Waals surface area contributed by atoms with E-state index in [4.69, 9.17) is 0 Å². The molecule has 2 aliphatic rings. The van der Waals surface area contributed by atoms with E-state index in [0.717, 1.165) is 32.0 Å². The van der Waals surface area contributed by atoms with Gasteiger partial charge in [-0.05, 0) is 25.8 Å². The minimum Gasteiger partial charge on any atom is -0.355 e. The van der Waals surface area contributed by atoms with Gasteiger partial charge < -0.3 is 10.2 Å². The highest BCUT2D eigenvalue weighted by Crippen LogP contribution is 2.39. The van der Waals surface area contributed by atoms with Crippen LogP contribution < -0.4 is 10.2 Å². The van der Waals surface area contributed by atoms with Crippen molar-refractivity contribution in [1.82, 2.24) is 15.3 Å². The van der Waals surface area contributed by atoms with Crippen molar-refractivity contribution in [3.63, 3.8) is 0 Å². The minimum atomic E-state index is 0.715. The first-order valence-electron chi connectivity index (χ1n) is 6.21. The Labute approximate surface area is 96.1 Å². The maximum atomic E-state index is 4.40. The van der Waals surface area contributed by atoms with Crippen LogP contribution in [0.3, 0.4) is 0 Å². The predicted octanol–water partition coefficient (Wildman–Crippen LogP) is 1.15. The van der Waals surface area contributed by atoms with Gasteiger partial charge in [0.15, 0.2) is 0 Å². The highest BCUT2D eigenvalue weighted by molar-refractivity contribution is 5.40.